The molecule has 0 aliphatic carbocycles. The van der Waals surface area contributed by atoms with Crippen molar-refractivity contribution in [3.8, 4) is 0 Å². The molecule has 0 fully saturated rings. The highest BCUT2D eigenvalue weighted by Gasteiger charge is 2.14. The van der Waals surface area contributed by atoms with Crippen LogP contribution in [0, 0.1) is 6.92 Å². The van der Waals surface area contributed by atoms with Crippen molar-refractivity contribution in [3.63, 3.8) is 0 Å². The van der Waals surface area contributed by atoms with Crippen LogP contribution in [0.2, 0.25) is 10.0 Å². The second kappa shape index (κ2) is 9.77. The molecule has 0 radical (unpaired) electrons. The van der Waals surface area contributed by atoms with Crippen LogP contribution in [0.5, 0.6) is 0 Å². The molecule has 0 bridgehead atoms. The molecule has 0 aliphatic heterocycles. The maximum absolute atomic E-state index is 13.2. The lowest BCUT2D eigenvalue weighted by Crippen LogP contribution is -2.25. The van der Waals surface area contributed by atoms with E-state index in [0.29, 0.717) is 38.3 Å². The quantitative estimate of drug-likeness (QED) is 0.278. The van der Waals surface area contributed by atoms with Crippen LogP contribution >= 0.6 is 35.0 Å². The number of aryl methyl sites for hydroxylation is 1. The summed E-state index contributed by atoms with van der Waals surface area (Å²) < 4.78 is 1.58. The Bertz CT molecular complexity index is 1370. The molecule has 3 aromatic carbocycles. The van der Waals surface area contributed by atoms with E-state index < -0.39 is 0 Å². The zero-order valence-electron chi connectivity index (χ0n) is 17.1. The second-order valence-electron chi connectivity index (χ2n) is 7.23. The minimum Gasteiger partial charge on any atom is -0.325 e. The Kier molecular flexibility index (Phi) is 6.84. The summed E-state index contributed by atoms with van der Waals surface area (Å²) in [5, 5.41) is 5.00. The van der Waals surface area contributed by atoms with Crippen LogP contribution in [0.15, 0.2) is 76.7 Å². The summed E-state index contributed by atoms with van der Waals surface area (Å²) in [7, 11) is 0. The zero-order valence-corrected chi connectivity index (χ0v) is 19.5. The Labute approximate surface area is 199 Å². The highest BCUT2D eigenvalue weighted by molar-refractivity contribution is 7.99. The lowest BCUT2D eigenvalue weighted by molar-refractivity contribution is -0.113. The number of para-hydroxylation sites is 1. The summed E-state index contributed by atoms with van der Waals surface area (Å²) >= 11 is 13.4. The van der Waals surface area contributed by atoms with E-state index in [1.54, 1.807) is 34.9 Å². The number of amides is 1. The molecule has 162 valence electrons. The summed E-state index contributed by atoms with van der Waals surface area (Å²) in [5.41, 5.74) is 2.87. The van der Waals surface area contributed by atoms with Crippen LogP contribution in [0.1, 0.15) is 11.1 Å². The number of rotatable bonds is 6. The maximum atomic E-state index is 13.2. The van der Waals surface area contributed by atoms with Gasteiger partial charge < -0.3 is 5.32 Å². The van der Waals surface area contributed by atoms with Gasteiger partial charge in [0.2, 0.25) is 5.91 Å². The molecule has 0 saturated carbocycles. The van der Waals surface area contributed by atoms with Crippen LogP contribution in [0.25, 0.3) is 10.9 Å². The predicted octanol–water partition coefficient (Wildman–Crippen LogP) is 5.79. The molecule has 1 heterocycles. The van der Waals surface area contributed by atoms with Gasteiger partial charge in [-0.05, 0) is 54.4 Å². The van der Waals surface area contributed by atoms with E-state index in [-0.39, 0.29) is 17.2 Å². The van der Waals surface area contributed by atoms with Crippen molar-refractivity contribution in [2.75, 3.05) is 11.1 Å². The number of thioether (sulfide) groups is 1. The van der Waals surface area contributed by atoms with Gasteiger partial charge in [0.1, 0.15) is 0 Å². The summed E-state index contributed by atoms with van der Waals surface area (Å²) in [6, 6.07) is 19.8. The van der Waals surface area contributed by atoms with Crippen LogP contribution in [-0.2, 0) is 11.3 Å². The Hall–Kier alpha value is -2.80. The summed E-state index contributed by atoms with van der Waals surface area (Å²) in [5.74, 6) is -0.121. The standard InChI is InChI=1S/C24H19Cl2N3O2S/c1-15-9-10-18(26)12-21(15)27-22(30)14-32-24-28-20-8-3-2-7-19(20)23(31)29(24)13-16-5-4-6-17(25)11-16/h2-12H,13-14H2,1H3,(H,27,30). The molecule has 0 aliphatic rings. The molecule has 4 rings (SSSR count). The van der Waals surface area contributed by atoms with E-state index in [0.717, 1.165) is 11.1 Å². The van der Waals surface area contributed by atoms with Gasteiger partial charge in [0, 0.05) is 15.7 Å². The van der Waals surface area contributed by atoms with Crippen molar-refractivity contribution in [3.05, 3.63) is 98.3 Å². The minimum absolute atomic E-state index is 0.0896. The highest BCUT2D eigenvalue weighted by Crippen LogP contribution is 2.23. The molecule has 4 aromatic rings. The molecule has 0 atom stereocenters. The summed E-state index contributed by atoms with van der Waals surface area (Å²) in [6.07, 6.45) is 0. The van der Waals surface area contributed by atoms with Crippen molar-refractivity contribution in [2.24, 2.45) is 0 Å². The molecule has 0 unspecified atom stereocenters. The van der Waals surface area contributed by atoms with E-state index >= 15 is 0 Å². The molecular weight excluding hydrogens is 465 g/mol. The van der Waals surface area contributed by atoms with E-state index in [4.69, 9.17) is 23.2 Å². The molecule has 8 heteroatoms. The molecule has 1 amide bonds. The maximum Gasteiger partial charge on any atom is 0.262 e. The lowest BCUT2D eigenvalue weighted by Gasteiger charge is -2.14. The van der Waals surface area contributed by atoms with Crippen molar-refractivity contribution < 1.29 is 4.79 Å². The fourth-order valence-corrected chi connectivity index (χ4v) is 4.44. The lowest BCUT2D eigenvalue weighted by atomic mass is 10.2. The molecule has 0 saturated heterocycles. The van der Waals surface area contributed by atoms with E-state index in [1.807, 2.05) is 43.3 Å². The van der Waals surface area contributed by atoms with Crippen LogP contribution in [-0.4, -0.2) is 21.2 Å². The third-order valence-electron chi connectivity index (χ3n) is 4.86. The van der Waals surface area contributed by atoms with Gasteiger partial charge in [0.25, 0.3) is 5.56 Å². The average Bonchev–Trinajstić information content (AvgIpc) is 2.77. The van der Waals surface area contributed by atoms with E-state index in [9.17, 15) is 9.59 Å². The van der Waals surface area contributed by atoms with E-state index in [2.05, 4.69) is 10.3 Å². The van der Waals surface area contributed by atoms with Gasteiger partial charge in [-0.1, -0.05) is 65.3 Å². The van der Waals surface area contributed by atoms with Gasteiger partial charge >= 0.3 is 0 Å². The minimum atomic E-state index is -0.211. The van der Waals surface area contributed by atoms with Gasteiger partial charge in [-0.2, -0.15) is 0 Å². The largest absolute Gasteiger partial charge is 0.325 e. The zero-order chi connectivity index (χ0) is 22.7. The molecule has 1 aromatic heterocycles. The molecule has 32 heavy (non-hydrogen) atoms. The molecule has 0 spiro atoms. The summed E-state index contributed by atoms with van der Waals surface area (Å²) in [4.78, 5) is 30.5. The molecule has 1 N–H and O–H groups in total. The predicted molar refractivity (Wildman–Crippen MR) is 132 cm³/mol. The van der Waals surface area contributed by atoms with Crippen molar-refractivity contribution in [2.45, 2.75) is 18.6 Å². The fraction of sp³-hybridized carbons (Fsp3) is 0.125. The fourth-order valence-electron chi connectivity index (χ4n) is 3.26. The normalized spacial score (nSPS) is 11.0. The van der Waals surface area contributed by atoms with Gasteiger partial charge in [-0.3, -0.25) is 14.2 Å². The summed E-state index contributed by atoms with van der Waals surface area (Å²) in [6.45, 7) is 2.20. The number of halogens is 2. The highest BCUT2D eigenvalue weighted by atomic mass is 35.5. The average molecular weight is 484 g/mol. The number of carbonyl (C=O) groups is 1. The number of benzene rings is 3. The first-order valence-electron chi connectivity index (χ1n) is 9.83. The Morgan fingerprint density at radius 2 is 1.81 bits per heavy atom. The van der Waals surface area contributed by atoms with E-state index in [1.165, 1.54) is 11.8 Å². The number of hydrogen-bond acceptors (Lipinski definition) is 4. The number of carbonyl (C=O) groups excluding carboxylic acids is 1. The molecule has 5 nitrogen and oxygen atoms in total. The number of nitrogens with zero attached hydrogens (tertiary/aromatic N) is 2. The van der Waals surface area contributed by atoms with Crippen LogP contribution in [0.3, 0.4) is 0 Å². The number of hydrogen-bond donors (Lipinski definition) is 1. The van der Waals surface area contributed by atoms with Crippen molar-refractivity contribution in [1.29, 1.82) is 0 Å². The van der Waals surface area contributed by atoms with Crippen LogP contribution in [0.4, 0.5) is 5.69 Å². The SMILES string of the molecule is Cc1ccc(Cl)cc1NC(=O)CSc1nc2ccccc2c(=O)n1Cc1cccc(Cl)c1. The first kappa shape index (κ1) is 22.4. The monoisotopic (exact) mass is 483 g/mol. The smallest absolute Gasteiger partial charge is 0.262 e. The first-order valence-corrected chi connectivity index (χ1v) is 11.6. The number of anilines is 1. The van der Waals surface area contributed by atoms with Crippen molar-refractivity contribution >= 4 is 57.5 Å². The molecular formula is C24H19Cl2N3O2S. The first-order chi connectivity index (χ1) is 15.4. The van der Waals surface area contributed by atoms with Gasteiger partial charge in [-0.15, -0.1) is 0 Å². The van der Waals surface area contributed by atoms with Gasteiger partial charge in [0.15, 0.2) is 5.16 Å². The Morgan fingerprint density at radius 3 is 2.62 bits per heavy atom. The topological polar surface area (TPSA) is 64.0 Å². The van der Waals surface area contributed by atoms with Gasteiger partial charge in [-0.25, -0.2) is 4.98 Å². The van der Waals surface area contributed by atoms with Gasteiger partial charge in [0.05, 0.1) is 23.2 Å². The number of fused-ring (bicyclic) bond motifs is 1. The third-order valence-corrected chi connectivity index (χ3v) is 6.31. The Balaban J connectivity index is 1.62. The number of aromatic nitrogens is 2. The Morgan fingerprint density at radius 1 is 1.03 bits per heavy atom. The number of nitrogens with one attached hydrogen (secondary N) is 1. The third kappa shape index (κ3) is 5.15. The van der Waals surface area contributed by atoms with Crippen LogP contribution < -0.4 is 10.9 Å². The van der Waals surface area contributed by atoms with Crippen molar-refractivity contribution in [1.82, 2.24) is 9.55 Å². The second-order valence-corrected chi connectivity index (χ2v) is 9.04.